The second kappa shape index (κ2) is 5.94. The average molecular weight is 299 g/mol. The third-order valence-electron chi connectivity index (χ3n) is 4.62. The standard InChI is InChI=1S/C19H25NS/c1-12-9-13(2)18(14(3)10-12)19(20-4)17-11-15-7-5-6-8-16(15)21-17/h9-11,19-20H,5-8H2,1-4H3. The van der Waals surface area contributed by atoms with Gasteiger partial charge in [-0.1, -0.05) is 17.7 Å². The zero-order valence-corrected chi connectivity index (χ0v) is 14.4. The fourth-order valence-electron chi connectivity index (χ4n) is 3.73. The third-order valence-corrected chi connectivity index (χ3v) is 5.92. The van der Waals surface area contributed by atoms with Gasteiger partial charge in [-0.2, -0.15) is 0 Å². The first-order chi connectivity index (χ1) is 10.1. The summed E-state index contributed by atoms with van der Waals surface area (Å²) >= 11 is 2.02. The van der Waals surface area contributed by atoms with Gasteiger partial charge in [0.05, 0.1) is 6.04 Å². The van der Waals surface area contributed by atoms with E-state index in [1.807, 2.05) is 11.3 Å². The van der Waals surface area contributed by atoms with E-state index in [4.69, 9.17) is 0 Å². The minimum absolute atomic E-state index is 0.334. The van der Waals surface area contributed by atoms with Gasteiger partial charge in [-0.15, -0.1) is 11.3 Å². The second-order valence-electron chi connectivity index (χ2n) is 6.34. The van der Waals surface area contributed by atoms with E-state index in [1.165, 1.54) is 52.8 Å². The van der Waals surface area contributed by atoms with Crippen LogP contribution in [-0.4, -0.2) is 7.05 Å². The van der Waals surface area contributed by atoms with Crippen molar-refractivity contribution in [1.82, 2.24) is 5.32 Å². The predicted molar refractivity (Wildman–Crippen MR) is 92.5 cm³/mol. The van der Waals surface area contributed by atoms with E-state index in [0.29, 0.717) is 6.04 Å². The van der Waals surface area contributed by atoms with Crippen LogP contribution in [0.1, 0.15) is 56.5 Å². The first-order valence-corrected chi connectivity index (χ1v) is 8.78. The van der Waals surface area contributed by atoms with Crippen LogP contribution in [0.3, 0.4) is 0 Å². The summed E-state index contributed by atoms with van der Waals surface area (Å²) in [4.78, 5) is 3.11. The molecule has 0 saturated heterocycles. The Morgan fingerprint density at radius 2 is 1.67 bits per heavy atom. The van der Waals surface area contributed by atoms with E-state index in [0.717, 1.165) is 0 Å². The van der Waals surface area contributed by atoms with Crippen LogP contribution in [0, 0.1) is 20.8 Å². The summed E-state index contributed by atoms with van der Waals surface area (Å²) in [7, 11) is 2.09. The number of benzene rings is 1. The monoisotopic (exact) mass is 299 g/mol. The molecule has 0 amide bonds. The van der Waals surface area contributed by atoms with Crippen molar-refractivity contribution in [2.75, 3.05) is 7.05 Å². The molecule has 0 radical (unpaired) electrons. The summed E-state index contributed by atoms with van der Waals surface area (Å²) in [5.41, 5.74) is 7.22. The van der Waals surface area contributed by atoms with Crippen molar-refractivity contribution < 1.29 is 0 Å². The van der Waals surface area contributed by atoms with Gasteiger partial charge in [-0.3, -0.25) is 0 Å². The van der Waals surface area contributed by atoms with Crippen molar-refractivity contribution in [2.24, 2.45) is 0 Å². The Hall–Kier alpha value is -1.12. The summed E-state index contributed by atoms with van der Waals surface area (Å²) < 4.78 is 0. The van der Waals surface area contributed by atoms with Gasteiger partial charge in [0, 0.05) is 9.75 Å². The van der Waals surface area contributed by atoms with Gasteiger partial charge in [0.2, 0.25) is 0 Å². The van der Waals surface area contributed by atoms with Gasteiger partial charge in [0.15, 0.2) is 0 Å². The van der Waals surface area contributed by atoms with Crippen LogP contribution in [0.2, 0.25) is 0 Å². The van der Waals surface area contributed by atoms with Gasteiger partial charge in [-0.05, 0) is 81.8 Å². The summed E-state index contributed by atoms with van der Waals surface area (Å²) in [6.07, 6.45) is 5.27. The normalized spacial score (nSPS) is 15.8. The van der Waals surface area contributed by atoms with Crippen molar-refractivity contribution in [2.45, 2.75) is 52.5 Å². The molecule has 1 nitrogen and oxygen atoms in total. The molecule has 0 aliphatic heterocycles. The van der Waals surface area contributed by atoms with Crippen LogP contribution in [0.4, 0.5) is 0 Å². The molecule has 0 saturated carbocycles. The quantitative estimate of drug-likeness (QED) is 0.853. The second-order valence-corrected chi connectivity index (χ2v) is 7.51. The molecule has 1 aromatic heterocycles. The maximum atomic E-state index is 3.56. The lowest BCUT2D eigenvalue weighted by Crippen LogP contribution is -2.19. The summed E-state index contributed by atoms with van der Waals surface area (Å²) in [6, 6.07) is 7.40. The van der Waals surface area contributed by atoms with E-state index in [2.05, 4.69) is 51.3 Å². The highest BCUT2D eigenvalue weighted by Gasteiger charge is 2.22. The predicted octanol–water partition coefficient (Wildman–Crippen LogP) is 4.86. The number of hydrogen-bond donors (Lipinski definition) is 1. The first-order valence-electron chi connectivity index (χ1n) is 7.96. The smallest absolute Gasteiger partial charge is 0.0673 e. The molecule has 2 heteroatoms. The Labute approximate surface area is 132 Å². The van der Waals surface area contributed by atoms with Crippen molar-refractivity contribution in [1.29, 1.82) is 0 Å². The number of rotatable bonds is 3. The number of fused-ring (bicyclic) bond motifs is 1. The molecule has 0 spiro atoms. The topological polar surface area (TPSA) is 12.0 Å². The van der Waals surface area contributed by atoms with E-state index >= 15 is 0 Å². The molecular formula is C19H25NS. The lowest BCUT2D eigenvalue weighted by Gasteiger charge is -2.21. The first kappa shape index (κ1) is 14.8. The highest BCUT2D eigenvalue weighted by molar-refractivity contribution is 7.12. The molecular weight excluding hydrogens is 274 g/mol. The SMILES string of the molecule is CNC(c1cc2c(s1)CCCC2)c1c(C)cc(C)cc1C. The Morgan fingerprint density at radius 3 is 2.29 bits per heavy atom. The minimum atomic E-state index is 0.334. The molecule has 21 heavy (non-hydrogen) atoms. The summed E-state index contributed by atoms with van der Waals surface area (Å²) in [6.45, 7) is 6.67. The molecule has 112 valence electrons. The maximum absolute atomic E-state index is 3.56. The van der Waals surface area contributed by atoms with Crippen LogP contribution in [-0.2, 0) is 12.8 Å². The molecule has 1 heterocycles. The largest absolute Gasteiger partial charge is 0.309 e. The van der Waals surface area contributed by atoms with Crippen molar-refractivity contribution in [3.8, 4) is 0 Å². The molecule has 3 rings (SSSR count). The van der Waals surface area contributed by atoms with E-state index < -0.39 is 0 Å². The van der Waals surface area contributed by atoms with Crippen LogP contribution in [0.15, 0.2) is 18.2 Å². The zero-order chi connectivity index (χ0) is 15.0. The number of hydrogen-bond acceptors (Lipinski definition) is 2. The van der Waals surface area contributed by atoms with E-state index in [-0.39, 0.29) is 0 Å². The summed E-state index contributed by atoms with van der Waals surface area (Å²) in [5.74, 6) is 0. The number of aryl methyl sites for hydroxylation is 5. The van der Waals surface area contributed by atoms with Crippen LogP contribution in [0.5, 0.6) is 0 Å². The molecule has 1 aromatic carbocycles. The molecule has 1 atom stereocenters. The van der Waals surface area contributed by atoms with Gasteiger partial charge in [-0.25, -0.2) is 0 Å². The van der Waals surface area contributed by atoms with E-state index in [9.17, 15) is 0 Å². The van der Waals surface area contributed by atoms with Crippen LogP contribution in [0.25, 0.3) is 0 Å². The molecule has 0 fully saturated rings. The Balaban J connectivity index is 2.04. The minimum Gasteiger partial charge on any atom is -0.309 e. The maximum Gasteiger partial charge on any atom is 0.0673 e. The van der Waals surface area contributed by atoms with Gasteiger partial charge in [0.1, 0.15) is 0 Å². The van der Waals surface area contributed by atoms with Crippen molar-refractivity contribution in [3.05, 3.63) is 55.8 Å². The lowest BCUT2D eigenvalue weighted by molar-refractivity contribution is 0.687. The van der Waals surface area contributed by atoms with Crippen LogP contribution < -0.4 is 5.32 Å². The Kier molecular flexibility index (Phi) is 4.19. The molecule has 1 aliphatic rings. The fourth-order valence-corrected chi connectivity index (χ4v) is 5.11. The molecule has 2 aromatic rings. The van der Waals surface area contributed by atoms with E-state index in [1.54, 1.807) is 10.4 Å². The van der Waals surface area contributed by atoms with Gasteiger partial charge in [0.25, 0.3) is 0 Å². The number of thiophene rings is 1. The van der Waals surface area contributed by atoms with Crippen molar-refractivity contribution in [3.63, 3.8) is 0 Å². The molecule has 0 bridgehead atoms. The fraction of sp³-hybridized carbons (Fsp3) is 0.474. The average Bonchev–Trinajstić information content (AvgIpc) is 2.85. The summed E-state index contributed by atoms with van der Waals surface area (Å²) in [5, 5.41) is 3.56. The lowest BCUT2D eigenvalue weighted by atomic mass is 9.92. The van der Waals surface area contributed by atoms with Gasteiger partial charge < -0.3 is 5.32 Å². The number of nitrogens with one attached hydrogen (secondary N) is 1. The van der Waals surface area contributed by atoms with Gasteiger partial charge >= 0.3 is 0 Å². The molecule has 1 aliphatic carbocycles. The highest BCUT2D eigenvalue weighted by Crippen LogP contribution is 2.37. The molecule has 1 unspecified atom stereocenters. The van der Waals surface area contributed by atoms with Crippen LogP contribution >= 0.6 is 11.3 Å². The third kappa shape index (κ3) is 2.79. The molecule has 1 N–H and O–H groups in total. The zero-order valence-electron chi connectivity index (χ0n) is 13.5. The highest BCUT2D eigenvalue weighted by atomic mass is 32.1. The Bertz CT molecular complexity index is 607. The van der Waals surface area contributed by atoms with Crippen molar-refractivity contribution >= 4 is 11.3 Å². The Morgan fingerprint density at radius 1 is 1.00 bits per heavy atom.